The highest BCUT2D eigenvalue weighted by Gasteiger charge is 2.38. The molecule has 0 spiro atoms. The van der Waals surface area contributed by atoms with Crippen LogP contribution in [0.25, 0.3) is 0 Å². The van der Waals surface area contributed by atoms with E-state index in [4.69, 9.17) is 18.9 Å². The summed E-state index contributed by atoms with van der Waals surface area (Å²) in [5.41, 5.74) is 0.293. The summed E-state index contributed by atoms with van der Waals surface area (Å²) in [6.07, 6.45) is -0.752. The van der Waals surface area contributed by atoms with Crippen LogP contribution in [0.3, 0.4) is 0 Å². The lowest BCUT2D eigenvalue weighted by Crippen LogP contribution is -2.59. The summed E-state index contributed by atoms with van der Waals surface area (Å²) in [6, 6.07) is 7.29. The second kappa shape index (κ2) is 10.9. The Kier molecular flexibility index (Phi) is 8.61. The van der Waals surface area contributed by atoms with Gasteiger partial charge in [0.1, 0.15) is 12.6 Å². The molecule has 1 aromatic rings. The lowest BCUT2D eigenvalue weighted by atomic mass is 10.1. The van der Waals surface area contributed by atoms with E-state index in [-0.39, 0.29) is 33.0 Å². The van der Waals surface area contributed by atoms with E-state index < -0.39 is 35.7 Å². The molecule has 1 aliphatic rings. The number of carbonyl (C=O) groups excluding carboxylic acids is 3. The van der Waals surface area contributed by atoms with Crippen molar-refractivity contribution in [2.75, 3.05) is 33.5 Å². The van der Waals surface area contributed by atoms with Crippen molar-refractivity contribution < 1.29 is 33.3 Å². The highest BCUT2D eigenvalue weighted by Crippen LogP contribution is 2.14. The maximum Gasteiger partial charge on any atom is 0.408 e. The van der Waals surface area contributed by atoms with E-state index in [0.29, 0.717) is 0 Å². The topological polar surface area (TPSA) is 103 Å². The number of nitrogens with one attached hydrogen (secondary N) is 1. The van der Waals surface area contributed by atoms with Crippen LogP contribution in [0.15, 0.2) is 30.3 Å². The van der Waals surface area contributed by atoms with E-state index >= 15 is 0 Å². The minimum Gasteiger partial charge on any atom is -0.467 e. The molecule has 1 saturated heterocycles. The number of amides is 2. The summed E-state index contributed by atoms with van der Waals surface area (Å²) in [4.78, 5) is 38.9. The van der Waals surface area contributed by atoms with Gasteiger partial charge in [-0.05, 0) is 26.3 Å². The van der Waals surface area contributed by atoms with Crippen LogP contribution in [0, 0.1) is 0 Å². The predicted octanol–water partition coefficient (Wildman–Crippen LogP) is 1.50. The van der Waals surface area contributed by atoms with Crippen molar-refractivity contribution in [1.29, 1.82) is 0 Å². The number of ether oxygens (including phenoxy) is 4. The van der Waals surface area contributed by atoms with Crippen molar-refractivity contribution in [2.24, 2.45) is 0 Å². The minimum atomic E-state index is -1.03. The number of hydrogen-bond acceptors (Lipinski definition) is 7. The lowest BCUT2D eigenvalue weighted by Gasteiger charge is -2.36. The van der Waals surface area contributed by atoms with E-state index in [9.17, 15) is 14.4 Å². The molecule has 1 aromatic carbocycles. The van der Waals surface area contributed by atoms with Gasteiger partial charge in [0.05, 0.1) is 32.5 Å². The largest absolute Gasteiger partial charge is 0.467 e. The Morgan fingerprint density at radius 3 is 2.57 bits per heavy atom. The van der Waals surface area contributed by atoms with Crippen molar-refractivity contribution >= 4 is 18.0 Å². The number of morpholine rings is 1. The smallest absolute Gasteiger partial charge is 0.408 e. The Morgan fingerprint density at radius 2 is 1.93 bits per heavy atom. The molecule has 0 bridgehead atoms. The summed E-state index contributed by atoms with van der Waals surface area (Å²) >= 11 is 0. The van der Waals surface area contributed by atoms with Gasteiger partial charge in [-0.1, -0.05) is 30.3 Å². The first kappa shape index (κ1) is 23.6. The Balaban J connectivity index is 2.07. The van der Waals surface area contributed by atoms with Crippen LogP contribution in [0.4, 0.5) is 4.79 Å². The zero-order chi connectivity index (χ0) is 22.1. The monoisotopic (exact) mass is 422 g/mol. The molecule has 0 saturated carbocycles. The zero-order valence-electron chi connectivity index (χ0n) is 17.9. The molecule has 1 N–H and O–H groups in total. The number of alkyl carbamates (subject to hydrolysis) is 1. The maximum absolute atomic E-state index is 13.2. The molecule has 9 heteroatoms. The molecule has 2 amide bonds. The van der Waals surface area contributed by atoms with Crippen LogP contribution in [-0.2, 0) is 35.1 Å². The molecule has 0 aliphatic carbocycles. The van der Waals surface area contributed by atoms with Gasteiger partial charge in [-0.15, -0.1) is 0 Å². The second-order valence-electron chi connectivity index (χ2n) is 7.83. The number of methoxy groups -OCH3 is 1. The third-order valence-corrected chi connectivity index (χ3v) is 4.37. The van der Waals surface area contributed by atoms with Gasteiger partial charge in [0.2, 0.25) is 5.91 Å². The standard InChI is InChI=1S/C21H30N2O7/c1-21(2,3)30-13-16(22-20(26)29-12-15-8-6-5-7-9-15)18(24)23-10-11-28-14-17(23)19(25)27-4/h5-9,16-17H,10-14H2,1-4H3,(H,22,26)/t16-,17?/m0/s1. The highest BCUT2D eigenvalue weighted by atomic mass is 16.6. The van der Waals surface area contributed by atoms with Crippen LogP contribution >= 0.6 is 0 Å². The minimum absolute atomic E-state index is 0.0315. The highest BCUT2D eigenvalue weighted by molar-refractivity contribution is 5.90. The van der Waals surface area contributed by atoms with Crippen molar-refractivity contribution in [2.45, 2.75) is 45.1 Å². The number of rotatable bonds is 7. The molecule has 30 heavy (non-hydrogen) atoms. The lowest BCUT2D eigenvalue weighted by molar-refractivity contribution is -0.162. The Bertz CT molecular complexity index is 718. The van der Waals surface area contributed by atoms with E-state index in [1.807, 2.05) is 51.1 Å². The Labute approximate surface area is 176 Å². The van der Waals surface area contributed by atoms with Crippen LogP contribution in [0.1, 0.15) is 26.3 Å². The number of benzene rings is 1. The summed E-state index contributed by atoms with van der Waals surface area (Å²) in [5.74, 6) is -1.04. The van der Waals surface area contributed by atoms with E-state index in [1.54, 1.807) is 0 Å². The molecular weight excluding hydrogens is 392 g/mol. The van der Waals surface area contributed by atoms with Crippen LogP contribution in [0.5, 0.6) is 0 Å². The molecule has 2 atom stereocenters. The predicted molar refractivity (Wildman–Crippen MR) is 108 cm³/mol. The first-order valence-corrected chi connectivity index (χ1v) is 9.78. The van der Waals surface area contributed by atoms with Crippen molar-refractivity contribution in [3.63, 3.8) is 0 Å². The van der Waals surface area contributed by atoms with Crippen molar-refractivity contribution in [1.82, 2.24) is 10.2 Å². The molecule has 2 rings (SSSR count). The number of hydrogen-bond donors (Lipinski definition) is 1. The molecular formula is C21H30N2O7. The third-order valence-electron chi connectivity index (χ3n) is 4.37. The quantitative estimate of drug-likeness (QED) is 0.664. The van der Waals surface area contributed by atoms with E-state index in [0.717, 1.165) is 5.56 Å². The van der Waals surface area contributed by atoms with E-state index in [2.05, 4.69) is 5.32 Å². The summed E-state index contributed by atoms with van der Waals surface area (Å²) in [7, 11) is 1.25. The van der Waals surface area contributed by atoms with Crippen LogP contribution in [-0.4, -0.2) is 74.0 Å². The van der Waals surface area contributed by atoms with Gasteiger partial charge in [-0.2, -0.15) is 0 Å². The van der Waals surface area contributed by atoms with Crippen molar-refractivity contribution in [3.05, 3.63) is 35.9 Å². The van der Waals surface area contributed by atoms with Gasteiger partial charge in [0.25, 0.3) is 0 Å². The van der Waals surface area contributed by atoms with Crippen molar-refractivity contribution in [3.8, 4) is 0 Å². The molecule has 1 heterocycles. The molecule has 1 unspecified atom stereocenters. The first-order valence-electron chi connectivity index (χ1n) is 9.78. The average Bonchev–Trinajstić information content (AvgIpc) is 2.74. The normalized spacial score (nSPS) is 17.7. The van der Waals surface area contributed by atoms with Gasteiger partial charge in [-0.3, -0.25) is 4.79 Å². The van der Waals surface area contributed by atoms with Gasteiger partial charge >= 0.3 is 12.1 Å². The Hall–Kier alpha value is -2.65. The van der Waals surface area contributed by atoms with Gasteiger partial charge < -0.3 is 29.2 Å². The summed E-state index contributed by atoms with van der Waals surface area (Å²) in [6.45, 7) is 6.03. The fraction of sp³-hybridized carbons (Fsp3) is 0.571. The zero-order valence-corrected chi connectivity index (χ0v) is 17.9. The number of carbonyl (C=O) groups is 3. The molecule has 1 aliphatic heterocycles. The SMILES string of the molecule is COC(=O)C1COCCN1C(=O)[C@H](COC(C)(C)C)NC(=O)OCc1ccccc1. The second-order valence-corrected chi connectivity index (χ2v) is 7.83. The van der Waals surface area contributed by atoms with Gasteiger partial charge in [0, 0.05) is 6.54 Å². The molecule has 9 nitrogen and oxygen atoms in total. The van der Waals surface area contributed by atoms with Gasteiger partial charge in [-0.25, -0.2) is 9.59 Å². The molecule has 1 fully saturated rings. The summed E-state index contributed by atoms with van der Waals surface area (Å²) in [5, 5.41) is 2.56. The summed E-state index contributed by atoms with van der Waals surface area (Å²) < 4.78 is 21.0. The van der Waals surface area contributed by atoms with E-state index in [1.165, 1.54) is 12.0 Å². The Morgan fingerprint density at radius 1 is 1.23 bits per heavy atom. The maximum atomic E-state index is 13.2. The average molecular weight is 422 g/mol. The third kappa shape index (κ3) is 7.31. The van der Waals surface area contributed by atoms with Crippen LogP contribution in [0.2, 0.25) is 0 Å². The fourth-order valence-electron chi connectivity index (χ4n) is 2.81. The molecule has 0 radical (unpaired) electrons. The van der Waals surface area contributed by atoms with Gasteiger partial charge in [0.15, 0.2) is 6.04 Å². The number of nitrogens with zero attached hydrogens (tertiary/aromatic N) is 1. The van der Waals surface area contributed by atoms with Crippen LogP contribution < -0.4 is 5.32 Å². The molecule has 0 aromatic heterocycles. The molecule has 166 valence electrons. The fourth-order valence-corrected chi connectivity index (χ4v) is 2.81. The first-order chi connectivity index (χ1) is 14.2. The number of esters is 1.